The molecule has 0 amide bonds. The summed E-state index contributed by atoms with van der Waals surface area (Å²) >= 11 is 1.35. The maximum absolute atomic E-state index is 12.6. The van der Waals surface area contributed by atoms with Crippen LogP contribution in [0, 0.1) is 0 Å². The van der Waals surface area contributed by atoms with Gasteiger partial charge in [-0.15, -0.1) is 0 Å². The molecule has 1 atom stereocenters. The average Bonchev–Trinajstić information content (AvgIpc) is 3.07. The summed E-state index contributed by atoms with van der Waals surface area (Å²) in [6, 6.07) is 14.6. The van der Waals surface area contributed by atoms with Crippen LogP contribution in [0.3, 0.4) is 0 Å². The molecule has 4 rings (SSSR count). The largest absolute Gasteiger partial charge is 0.497 e. The molecule has 25 heavy (non-hydrogen) atoms. The van der Waals surface area contributed by atoms with Gasteiger partial charge >= 0.3 is 0 Å². The number of fused-ring (bicyclic) bond motifs is 2. The van der Waals surface area contributed by atoms with E-state index >= 15 is 0 Å². The highest BCUT2D eigenvalue weighted by Crippen LogP contribution is 2.26. The zero-order valence-electron chi connectivity index (χ0n) is 13.7. The Bertz CT molecular complexity index is 1100. The first-order valence-electron chi connectivity index (χ1n) is 7.75. The quantitative estimate of drug-likeness (QED) is 0.562. The monoisotopic (exact) mass is 353 g/mol. The Morgan fingerprint density at radius 1 is 1.08 bits per heavy atom. The van der Waals surface area contributed by atoms with Crippen molar-refractivity contribution < 1.29 is 9.47 Å². The van der Waals surface area contributed by atoms with Crippen LogP contribution in [0.15, 0.2) is 53.3 Å². The molecule has 6 nitrogen and oxygen atoms in total. The van der Waals surface area contributed by atoms with Gasteiger partial charge in [0.25, 0.3) is 5.56 Å². The Morgan fingerprint density at radius 2 is 1.80 bits per heavy atom. The lowest BCUT2D eigenvalue weighted by Crippen LogP contribution is -2.15. The second kappa shape index (κ2) is 6.18. The molecule has 0 aliphatic carbocycles. The zero-order chi connectivity index (χ0) is 17.4. The summed E-state index contributed by atoms with van der Waals surface area (Å²) in [7, 11) is 1.62. The van der Waals surface area contributed by atoms with Gasteiger partial charge in [0.2, 0.25) is 4.96 Å². The minimum atomic E-state index is -0.303. The Morgan fingerprint density at radius 3 is 2.56 bits per heavy atom. The first-order chi connectivity index (χ1) is 12.2. The molecule has 0 radical (unpaired) electrons. The van der Waals surface area contributed by atoms with Gasteiger partial charge in [0.05, 0.1) is 18.0 Å². The van der Waals surface area contributed by atoms with Crippen molar-refractivity contribution >= 4 is 27.2 Å². The predicted octanol–water partition coefficient (Wildman–Crippen LogP) is 3.45. The van der Waals surface area contributed by atoms with E-state index in [-0.39, 0.29) is 11.7 Å². The van der Waals surface area contributed by atoms with Gasteiger partial charge in [-0.2, -0.15) is 9.61 Å². The van der Waals surface area contributed by atoms with Gasteiger partial charge in [-0.3, -0.25) is 4.79 Å². The molecule has 0 unspecified atom stereocenters. The molecular formula is C18H15N3O3S. The van der Waals surface area contributed by atoms with Gasteiger partial charge in [0, 0.05) is 0 Å². The van der Waals surface area contributed by atoms with Crippen LogP contribution in [0.2, 0.25) is 0 Å². The number of methoxy groups -OCH3 is 1. The fraction of sp³-hybridized carbons (Fsp3) is 0.167. The number of aromatic nitrogens is 3. The maximum Gasteiger partial charge on any atom is 0.283 e. The van der Waals surface area contributed by atoms with Crippen LogP contribution in [0.4, 0.5) is 0 Å². The first-order valence-corrected chi connectivity index (χ1v) is 8.56. The SMILES string of the molecule is COc1ccc(O[C@H](C)c2nn3c(=O)c4ccccc4nc3s2)cc1. The topological polar surface area (TPSA) is 65.7 Å². The van der Waals surface area contributed by atoms with Crippen molar-refractivity contribution in [2.45, 2.75) is 13.0 Å². The van der Waals surface area contributed by atoms with E-state index in [1.165, 1.54) is 15.9 Å². The lowest BCUT2D eigenvalue weighted by atomic mass is 10.2. The molecule has 0 aliphatic rings. The van der Waals surface area contributed by atoms with E-state index in [1.54, 1.807) is 13.2 Å². The van der Waals surface area contributed by atoms with Gasteiger partial charge in [0.1, 0.15) is 17.6 Å². The second-order valence-corrected chi connectivity index (χ2v) is 6.49. The van der Waals surface area contributed by atoms with Crippen molar-refractivity contribution in [3.05, 3.63) is 63.9 Å². The van der Waals surface area contributed by atoms with E-state index in [0.29, 0.717) is 26.6 Å². The zero-order valence-corrected chi connectivity index (χ0v) is 14.5. The summed E-state index contributed by atoms with van der Waals surface area (Å²) in [6.45, 7) is 1.90. The van der Waals surface area contributed by atoms with Crippen LogP contribution >= 0.6 is 11.3 Å². The Kier molecular flexibility index (Phi) is 3.85. The molecule has 0 N–H and O–H groups in total. The fourth-order valence-electron chi connectivity index (χ4n) is 2.54. The summed E-state index contributed by atoms with van der Waals surface area (Å²) in [5.41, 5.74) is 0.506. The summed E-state index contributed by atoms with van der Waals surface area (Å²) in [4.78, 5) is 17.6. The standard InChI is InChI=1S/C18H15N3O3S/c1-11(24-13-9-7-12(23-2)8-10-13)16-20-21-17(22)14-5-3-4-6-15(14)19-18(21)25-16/h3-11H,1-2H3/t11-/m1/s1. The fourth-order valence-corrected chi connectivity index (χ4v) is 3.42. The smallest absolute Gasteiger partial charge is 0.283 e. The molecule has 0 saturated carbocycles. The van der Waals surface area contributed by atoms with Gasteiger partial charge in [-0.1, -0.05) is 23.5 Å². The molecule has 126 valence electrons. The van der Waals surface area contributed by atoms with Crippen molar-refractivity contribution in [3.8, 4) is 11.5 Å². The van der Waals surface area contributed by atoms with Crippen LogP contribution in [0.5, 0.6) is 11.5 Å². The molecule has 0 aliphatic heterocycles. The number of hydrogen-bond donors (Lipinski definition) is 0. The molecular weight excluding hydrogens is 338 g/mol. The number of ether oxygens (including phenoxy) is 2. The molecule has 7 heteroatoms. The number of rotatable bonds is 4. The highest BCUT2D eigenvalue weighted by atomic mass is 32.1. The van der Waals surface area contributed by atoms with Crippen LogP contribution in [0.1, 0.15) is 18.0 Å². The van der Waals surface area contributed by atoms with E-state index in [4.69, 9.17) is 9.47 Å². The van der Waals surface area contributed by atoms with Crippen molar-refractivity contribution in [2.75, 3.05) is 7.11 Å². The molecule has 2 aromatic carbocycles. The lowest BCUT2D eigenvalue weighted by molar-refractivity contribution is 0.224. The third kappa shape index (κ3) is 2.83. The average molecular weight is 353 g/mol. The van der Waals surface area contributed by atoms with E-state index < -0.39 is 0 Å². The Labute approximate surface area is 147 Å². The normalized spacial score (nSPS) is 12.4. The summed E-state index contributed by atoms with van der Waals surface area (Å²) < 4.78 is 12.4. The minimum absolute atomic E-state index is 0.167. The maximum atomic E-state index is 12.6. The third-order valence-electron chi connectivity index (χ3n) is 3.84. The number of hydrogen-bond acceptors (Lipinski definition) is 6. The van der Waals surface area contributed by atoms with Crippen molar-refractivity contribution in [1.82, 2.24) is 14.6 Å². The van der Waals surface area contributed by atoms with Gasteiger partial charge in [-0.25, -0.2) is 4.98 Å². The second-order valence-electron chi connectivity index (χ2n) is 5.50. The highest BCUT2D eigenvalue weighted by molar-refractivity contribution is 7.16. The number of para-hydroxylation sites is 1. The van der Waals surface area contributed by atoms with Gasteiger partial charge < -0.3 is 9.47 Å². The Hall–Kier alpha value is -2.93. The minimum Gasteiger partial charge on any atom is -0.497 e. The molecule has 2 aromatic heterocycles. The van der Waals surface area contributed by atoms with E-state index in [0.717, 1.165) is 5.75 Å². The summed E-state index contributed by atoms with van der Waals surface area (Å²) in [5, 5.41) is 5.65. The number of benzene rings is 2. The van der Waals surface area contributed by atoms with Crippen LogP contribution in [-0.4, -0.2) is 21.7 Å². The highest BCUT2D eigenvalue weighted by Gasteiger charge is 2.16. The molecule has 0 fully saturated rings. The predicted molar refractivity (Wildman–Crippen MR) is 96.7 cm³/mol. The lowest BCUT2D eigenvalue weighted by Gasteiger charge is -2.11. The van der Waals surface area contributed by atoms with E-state index in [2.05, 4.69) is 10.1 Å². The van der Waals surface area contributed by atoms with Crippen LogP contribution < -0.4 is 15.0 Å². The molecule has 0 spiro atoms. The third-order valence-corrected chi connectivity index (χ3v) is 4.91. The Balaban J connectivity index is 1.69. The van der Waals surface area contributed by atoms with E-state index in [9.17, 15) is 4.79 Å². The van der Waals surface area contributed by atoms with Gasteiger partial charge in [0.15, 0.2) is 5.01 Å². The molecule has 0 bridgehead atoms. The molecule has 2 heterocycles. The first kappa shape index (κ1) is 15.6. The van der Waals surface area contributed by atoms with Crippen molar-refractivity contribution in [1.29, 1.82) is 0 Å². The van der Waals surface area contributed by atoms with Gasteiger partial charge in [-0.05, 0) is 43.3 Å². The van der Waals surface area contributed by atoms with Crippen LogP contribution in [0.25, 0.3) is 15.9 Å². The molecule has 0 saturated heterocycles. The van der Waals surface area contributed by atoms with Crippen molar-refractivity contribution in [3.63, 3.8) is 0 Å². The van der Waals surface area contributed by atoms with Crippen LogP contribution in [-0.2, 0) is 0 Å². The molecule has 4 aromatic rings. The summed E-state index contributed by atoms with van der Waals surface area (Å²) in [5.74, 6) is 1.47. The van der Waals surface area contributed by atoms with E-state index in [1.807, 2.05) is 49.4 Å². The van der Waals surface area contributed by atoms with Crippen molar-refractivity contribution in [2.24, 2.45) is 0 Å². The summed E-state index contributed by atoms with van der Waals surface area (Å²) in [6.07, 6.45) is -0.303. The number of nitrogens with zero attached hydrogens (tertiary/aromatic N) is 3.